The third kappa shape index (κ3) is 5.79. The van der Waals surface area contributed by atoms with Gasteiger partial charge in [-0.2, -0.15) is 0 Å². The summed E-state index contributed by atoms with van der Waals surface area (Å²) in [7, 11) is 0. The summed E-state index contributed by atoms with van der Waals surface area (Å²) in [5.74, 6) is 1.57. The van der Waals surface area contributed by atoms with E-state index in [0.29, 0.717) is 19.3 Å². The van der Waals surface area contributed by atoms with Gasteiger partial charge in [0.15, 0.2) is 11.5 Å². The van der Waals surface area contributed by atoms with Gasteiger partial charge in [-0.05, 0) is 37.1 Å². The van der Waals surface area contributed by atoms with Gasteiger partial charge in [0.25, 0.3) is 0 Å². The van der Waals surface area contributed by atoms with Crippen molar-refractivity contribution in [3.63, 3.8) is 0 Å². The van der Waals surface area contributed by atoms with Crippen molar-refractivity contribution in [2.45, 2.75) is 40.3 Å². The Labute approximate surface area is 116 Å². The highest BCUT2D eigenvalue weighted by atomic mass is 16.5. The summed E-state index contributed by atoms with van der Waals surface area (Å²) in [6, 6.07) is 6.53. The molecule has 1 aromatic carbocycles. The molecule has 0 bridgehead atoms. The Morgan fingerprint density at radius 2 is 2.00 bits per heavy atom. The Hall–Kier alpha value is -1.48. The second-order valence-corrected chi connectivity index (χ2v) is 5.00. The lowest BCUT2D eigenvalue weighted by molar-refractivity contribution is 0.292. The molecule has 1 aromatic rings. The number of nitrogens with one attached hydrogen (secondary N) is 1. The van der Waals surface area contributed by atoms with Gasteiger partial charge in [0.1, 0.15) is 6.61 Å². The molecular formula is C16H25NO2. The van der Waals surface area contributed by atoms with E-state index in [1.54, 1.807) is 0 Å². The van der Waals surface area contributed by atoms with E-state index in [4.69, 9.17) is 9.47 Å². The van der Waals surface area contributed by atoms with Crippen LogP contribution < -0.4 is 14.8 Å². The van der Waals surface area contributed by atoms with Crippen LogP contribution >= 0.6 is 0 Å². The van der Waals surface area contributed by atoms with Crippen molar-refractivity contribution in [3.05, 3.63) is 35.9 Å². The van der Waals surface area contributed by atoms with Gasteiger partial charge in [-0.15, -0.1) is 0 Å². The maximum absolute atomic E-state index is 5.69. The minimum absolute atomic E-state index is 0.467. The maximum atomic E-state index is 5.69. The fraction of sp³-hybridized carbons (Fsp3) is 0.500. The van der Waals surface area contributed by atoms with Crippen molar-refractivity contribution in [1.29, 1.82) is 0 Å². The molecule has 0 spiro atoms. The average Bonchev–Trinajstić information content (AvgIpc) is 2.35. The highest BCUT2D eigenvalue weighted by Gasteiger charge is 2.07. The summed E-state index contributed by atoms with van der Waals surface area (Å²) in [6.07, 6.45) is 0. The summed E-state index contributed by atoms with van der Waals surface area (Å²) in [4.78, 5) is 0. The van der Waals surface area contributed by atoms with E-state index < -0.39 is 0 Å². The van der Waals surface area contributed by atoms with E-state index in [-0.39, 0.29) is 0 Å². The van der Waals surface area contributed by atoms with Crippen molar-refractivity contribution in [1.82, 2.24) is 5.32 Å². The number of hydrogen-bond donors (Lipinski definition) is 1. The summed E-state index contributed by atoms with van der Waals surface area (Å²) in [5, 5.41) is 3.39. The van der Waals surface area contributed by atoms with Crippen molar-refractivity contribution in [2.24, 2.45) is 0 Å². The molecule has 1 N–H and O–H groups in total. The lowest BCUT2D eigenvalue weighted by Gasteiger charge is -2.14. The Balaban J connectivity index is 2.78. The maximum Gasteiger partial charge on any atom is 0.161 e. The zero-order valence-corrected chi connectivity index (χ0v) is 12.5. The van der Waals surface area contributed by atoms with E-state index in [1.807, 2.05) is 26.0 Å². The Kier molecular flexibility index (Phi) is 6.43. The molecule has 0 fully saturated rings. The molecule has 0 saturated heterocycles. The molecular weight excluding hydrogens is 238 g/mol. The van der Waals surface area contributed by atoms with Crippen LogP contribution in [0.25, 0.3) is 0 Å². The van der Waals surface area contributed by atoms with Crippen LogP contribution in [-0.4, -0.2) is 19.3 Å². The van der Waals surface area contributed by atoms with Crippen LogP contribution in [0.5, 0.6) is 11.5 Å². The van der Waals surface area contributed by atoms with E-state index >= 15 is 0 Å². The minimum Gasteiger partial charge on any atom is -0.490 e. The van der Waals surface area contributed by atoms with Gasteiger partial charge in [0, 0.05) is 12.6 Å². The zero-order chi connectivity index (χ0) is 14.3. The van der Waals surface area contributed by atoms with Crippen LogP contribution in [0, 0.1) is 0 Å². The van der Waals surface area contributed by atoms with E-state index in [0.717, 1.165) is 23.6 Å². The summed E-state index contributed by atoms with van der Waals surface area (Å²) in [5.41, 5.74) is 2.19. The van der Waals surface area contributed by atoms with Crippen molar-refractivity contribution < 1.29 is 9.47 Å². The van der Waals surface area contributed by atoms with Crippen molar-refractivity contribution >= 4 is 0 Å². The SMILES string of the molecule is C=C(C)COc1ccc(CNC(C)C)cc1OCC. The first kappa shape index (κ1) is 15.6. The number of rotatable bonds is 8. The molecule has 0 unspecified atom stereocenters. The fourth-order valence-corrected chi connectivity index (χ4v) is 1.57. The summed E-state index contributed by atoms with van der Waals surface area (Å²) in [6.45, 7) is 14.0. The molecule has 3 heteroatoms. The Morgan fingerprint density at radius 3 is 2.58 bits per heavy atom. The Bertz CT molecular complexity index is 413. The van der Waals surface area contributed by atoms with Gasteiger partial charge >= 0.3 is 0 Å². The molecule has 19 heavy (non-hydrogen) atoms. The number of hydrogen-bond acceptors (Lipinski definition) is 3. The van der Waals surface area contributed by atoms with Crippen molar-refractivity contribution in [3.8, 4) is 11.5 Å². The first-order valence-electron chi connectivity index (χ1n) is 6.79. The normalized spacial score (nSPS) is 10.6. The first-order chi connectivity index (χ1) is 9.02. The van der Waals surface area contributed by atoms with Gasteiger partial charge < -0.3 is 14.8 Å². The van der Waals surface area contributed by atoms with Crippen LogP contribution in [0.1, 0.15) is 33.3 Å². The van der Waals surface area contributed by atoms with E-state index in [1.165, 1.54) is 5.56 Å². The van der Waals surface area contributed by atoms with E-state index in [2.05, 4.69) is 31.8 Å². The summed E-state index contributed by atoms with van der Waals surface area (Å²) < 4.78 is 11.3. The number of benzene rings is 1. The predicted molar refractivity (Wildman–Crippen MR) is 79.9 cm³/mol. The third-order valence-electron chi connectivity index (χ3n) is 2.50. The number of ether oxygens (including phenoxy) is 2. The fourth-order valence-electron chi connectivity index (χ4n) is 1.57. The second-order valence-electron chi connectivity index (χ2n) is 5.00. The van der Waals surface area contributed by atoms with Gasteiger partial charge in [-0.1, -0.05) is 26.5 Å². The van der Waals surface area contributed by atoms with Gasteiger partial charge in [-0.25, -0.2) is 0 Å². The molecule has 0 radical (unpaired) electrons. The standard InChI is InChI=1S/C16H25NO2/c1-6-18-16-9-14(10-17-13(4)5)7-8-15(16)19-11-12(2)3/h7-9,13,17H,2,6,10-11H2,1,3-5H3. The first-order valence-corrected chi connectivity index (χ1v) is 6.79. The molecule has 0 aromatic heterocycles. The van der Waals surface area contributed by atoms with Gasteiger partial charge in [0.2, 0.25) is 0 Å². The summed E-state index contributed by atoms with van der Waals surface area (Å²) >= 11 is 0. The topological polar surface area (TPSA) is 30.5 Å². The lowest BCUT2D eigenvalue weighted by Crippen LogP contribution is -2.21. The third-order valence-corrected chi connectivity index (χ3v) is 2.50. The molecule has 1 rings (SSSR count). The van der Waals surface area contributed by atoms with Crippen LogP contribution in [0.4, 0.5) is 0 Å². The van der Waals surface area contributed by atoms with Crippen LogP contribution in [0.15, 0.2) is 30.4 Å². The zero-order valence-electron chi connectivity index (χ0n) is 12.5. The molecule has 106 valence electrons. The Morgan fingerprint density at radius 1 is 1.26 bits per heavy atom. The van der Waals surface area contributed by atoms with Crippen LogP contribution in [0.3, 0.4) is 0 Å². The predicted octanol–water partition coefficient (Wildman–Crippen LogP) is 3.54. The molecule has 0 amide bonds. The van der Waals surface area contributed by atoms with Crippen LogP contribution in [-0.2, 0) is 6.54 Å². The van der Waals surface area contributed by atoms with Gasteiger partial charge in [-0.3, -0.25) is 0 Å². The quantitative estimate of drug-likeness (QED) is 0.728. The lowest BCUT2D eigenvalue weighted by atomic mass is 10.2. The molecule has 0 heterocycles. The highest BCUT2D eigenvalue weighted by molar-refractivity contribution is 5.43. The monoisotopic (exact) mass is 263 g/mol. The molecule has 0 aliphatic heterocycles. The largest absolute Gasteiger partial charge is 0.490 e. The highest BCUT2D eigenvalue weighted by Crippen LogP contribution is 2.28. The average molecular weight is 263 g/mol. The van der Waals surface area contributed by atoms with Crippen LogP contribution in [0.2, 0.25) is 0 Å². The van der Waals surface area contributed by atoms with Crippen molar-refractivity contribution in [2.75, 3.05) is 13.2 Å². The van der Waals surface area contributed by atoms with Gasteiger partial charge in [0.05, 0.1) is 6.61 Å². The second kappa shape index (κ2) is 7.85. The molecule has 0 aliphatic carbocycles. The molecule has 3 nitrogen and oxygen atoms in total. The molecule has 0 atom stereocenters. The minimum atomic E-state index is 0.467. The smallest absolute Gasteiger partial charge is 0.161 e. The molecule has 0 aliphatic rings. The van der Waals surface area contributed by atoms with E-state index in [9.17, 15) is 0 Å². The molecule has 0 saturated carbocycles.